The summed E-state index contributed by atoms with van der Waals surface area (Å²) in [7, 11) is 0. The number of hydrogen-bond donors (Lipinski definition) is 1. The summed E-state index contributed by atoms with van der Waals surface area (Å²) in [4.78, 5) is 15.1. The quantitative estimate of drug-likeness (QED) is 0.647. The van der Waals surface area contributed by atoms with Gasteiger partial charge in [-0.25, -0.2) is 4.68 Å². The number of hydrogen-bond acceptors (Lipinski definition) is 3. The van der Waals surface area contributed by atoms with E-state index in [4.69, 9.17) is 11.6 Å². The van der Waals surface area contributed by atoms with Gasteiger partial charge in [-0.15, -0.1) is 0 Å². The molecule has 1 aromatic heterocycles. The SMILES string of the molecule is Cc1ccc(Cn2nc(C)c(C(=O)N3CCC(c4ccc(O)cc4)CC3)c2Cl)cc1. The molecule has 5 nitrogen and oxygen atoms in total. The van der Waals surface area contributed by atoms with Crippen LogP contribution in [0.4, 0.5) is 0 Å². The zero-order valence-electron chi connectivity index (χ0n) is 17.3. The molecule has 1 aliphatic heterocycles. The Bertz CT molecular complexity index is 1030. The lowest BCUT2D eigenvalue weighted by Crippen LogP contribution is -2.38. The summed E-state index contributed by atoms with van der Waals surface area (Å²) in [5, 5.41) is 14.4. The van der Waals surface area contributed by atoms with Crippen molar-refractivity contribution in [2.24, 2.45) is 0 Å². The van der Waals surface area contributed by atoms with Crippen molar-refractivity contribution >= 4 is 17.5 Å². The van der Waals surface area contributed by atoms with E-state index in [-0.39, 0.29) is 11.7 Å². The lowest BCUT2D eigenvalue weighted by atomic mass is 9.89. The molecule has 2 aromatic carbocycles. The number of aromatic hydroxyl groups is 1. The molecule has 1 aliphatic rings. The van der Waals surface area contributed by atoms with Gasteiger partial charge in [0, 0.05) is 13.1 Å². The number of carbonyl (C=O) groups excluding carboxylic acids is 1. The summed E-state index contributed by atoms with van der Waals surface area (Å²) in [6.45, 7) is 5.80. The monoisotopic (exact) mass is 423 g/mol. The highest BCUT2D eigenvalue weighted by atomic mass is 35.5. The largest absolute Gasteiger partial charge is 0.508 e. The maximum absolute atomic E-state index is 13.2. The van der Waals surface area contributed by atoms with Crippen LogP contribution in [-0.4, -0.2) is 38.8 Å². The lowest BCUT2D eigenvalue weighted by Gasteiger charge is -2.32. The van der Waals surface area contributed by atoms with Gasteiger partial charge in [-0.3, -0.25) is 4.79 Å². The first-order valence-corrected chi connectivity index (χ1v) is 10.7. The van der Waals surface area contributed by atoms with E-state index in [9.17, 15) is 9.90 Å². The highest BCUT2D eigenvalue weighted by Crippen LogP contribution is 2.31. The molecule has 0 bridgehead atoms. The number of likely N-dealkylation sites (tertiary alicyclic amines) is 1. The Kier molecular flexibility index (Phi) is 5.82. The molecule has 1 N–H and O–H groups in total. The number of carbonyl (C=O) groups is 1. The van der Waals surface area contributed by atoms with Crippen LogP contribution in [0, 0.1) is 13.8 Å². The predicted molar refractivity (Wildman–Crippen MR) is 118 cm³/mol. The van der Waals surface area contributed by atoms with Gasteiger partial charge < -0.3 is 10.0 Å². The number of nitrogens with zero attached hydrogens (tertiary/aromatic N) is 3. The zero-order valence-corrected chi connectivity index (χ0v) is 18.1. The first-order chi connectivity index (χ1) is 14.4. The van der Waals surface area contributed by atoms with Crippen LogP contribution >= 0.6 is 11.6 Å². The van der Waals surface area contributed by atoms with Crippen LogP contribution in [0.2, 0.25) is 5.15 Å². The molecule has 30 heavy (non-hydrogen) atoms. The van der Waals surface area contributed by atoms with Gasteiger partial charge in [0.05, 0.1) is 17.8 Å². The summed E-state index contributed by atoms with van der Waals surface area (Å²) in [6, 6.07) is 15.6. The molecule has 1 fully saturated rings. The highest BCUT2D eigenvalue weighted by molar-refractivity contribution is 6.33. The van der Waals surface area contributed by atoms with Gasteiger partial charge in [0.15, 0.2) is 0 Å². The van der Waals surface area contributed by atoms with Gasteiger partial charge in [0.25, 0.3) is 5.91 Å². The van der Waals surface area contributed by atoms with Gasteiger partial charge in [0.2, 0.25) is 0 Å². The summed E-state index contributed by atoms with van der Waals surface area (Å²) < 4.78 is 1.71. The van der Waals surface area contributed by atoms with Crippen molar-refractivity contribution in [2.75, 3.05) is 13.1 Å². The Morgan fingerprint density at radius 3 is 2.33 bits per heavy atom. The summed E-state index contributed by atoms with van der Waals surface area (Å²) >= 11 is 6.59. The fourth-order valence-corrected chi connectivity index (χ4v) is 4.40. The molecular formula is C24H26ClN3O2. The van der Waals surface area contributed by atoms with E-state index in [1.165, 1.54) is 11.1 Å². The molecule has 0 spiro atoms. The minimum absolute atomic E-state index is 0.0446. The Morgan fingerprint density at radius 1 is 1.07 bits per heavy atom. The molecular weight excluding hydrogens is 398 g/mol. The number of benzene rings is 2. The van der Waals surface area contributed by atoms with Crippen LogP contribution in [-0.2, 0) is 6.54 Å². The van der Waals surface area contributed by atoms with Gasteiger partial charge in [0.1, 0.15) is 10.9 Å². The number of phenolic OH excluding ortho intramolecular Hbond substituents is 1. The van der Waals surface area contributed by atoms with Crippen molar-refractivity contribution in [3.05, 3.63) is 81.6 Å². The Balaban J connectivity index is 1.45. The van der Waals surface area contributed by atoms with Crippen molar-refractivity contribution in [3.63, 3.8) is 0 Å². The van der Waals surface area contributed by atoms with E-state index in [1.807, 2.05) is 24.0 Å². The number of aromatic nitrogens is 2. The molecule has 0 radical (unpaired) electrons. The predicted octanol–water partition coefficient (Wildman–Crippen LogP) is 4.93. The van der Waals surface area contributed by atoms with Gasteiger partial charge >= 0.3 is 0 Å². The number of rotatable bonds is 4. The van der Waals surface area contributed by atoms with Gasteiger partial charge in [-0.05, 0) is 55.9 Å². The number of phenols is 1. The van der Waals surface area contributed by atoms with Crippen LogP contribution in [0.5, 0.6) is 5.75 Å². The molecule has 0 aliphatic carbocycles. The number of halogens is 1. The number of piperidine rings is 1. The molecule has 0 atom stereocenters. The number of aryl methyl sites for hydroxylation is 2. The van der Waals surface area contributed by atoms with E-state index in [0.717, 1.165) is 18.4 Å². The van der Waals surface area contributed by atoms with Crippen LogP contribution in [0.3, 0.4) is 0 Å². The minimum atomic E-state index is -0.0446. The fourth-order valence-electron chi connectivity index (χ4n) is 4.09. The zero-order chi connectivity index (χ0) is 21.3. The third kappa shape index (κ3) is 4.21. The summed E-state index contributed by atoms with van der Waals surface area (Å²) in [5.74, 6) is 0.631. The highest BCUT2D eigenvalue weighted by Gasteiger charge is 2.29. The van der Waals surface area contributed by atoms with Crippen LogP contribution in [0.1, 0.15) is 51.5 Å². The summed E-state index contributed by atoms with van der Waals surface area (Å²) in [6.07, 6.45) is 1.79. The first kappa shape index (κ1) is 20.5. The first-order valence-electron chi connectivity index (χ1n) is 10.3. The molecule has 0 unspecified atom stereocenters. The van der Waals surface area contributed by atoms with Crippen molar-refractivity contribution in [1.82, 2.24) is 14.7 Å². The topological polar surface area (TPSA) is 58.4 Å². The minimum Gasteiger partial charge on any atom is -0.508 e. The van der Waals surface area contributed by atoms with Crippen molar-refractivity contribution < 1.29 is 9.90 Å². The number of amides is 1. The van der Waals surface area contributed by atoms with Crippen molar-refractivity contribution in [3.8, 4) is 5.75 Å². The van der Waals surface area contributed by atoms with E-state index in [0.29, 0.717) is 42.0 Å². The second kappa shape index (κ2) is 8.52. The van der Waals surface area contributed by atoms with Gasteiger partial charge in [-0.2, -0.15) is 5.10 Å². The molecule has 0 saturated carbocycles. The molecule has 3 aromatic rings. The third-order valence-electron chi connectivity index (χ3n) is 5.88. The van der Waals surface area contributed by atoms with E-state index < -0.39 is 0 Å². The van der Waals surface area contributed by atoms with Crippen LogP contribution in [0.15, 0.2) is 48.5 Å². The smallest absolute Gasteiger partial charge is 0.258 e. The van der Waals surface area contributed by atoms with Crippen molar-refractivity contribution in [2.45, 2.75) is 39.2 Å². The average molecular weight is 424 g/mol. The molecule has 4 rings (SSSR count). The van der Waals surface area contributed by atoms with Crippen LogP contribution in [0.25, 0.3) is 0 Å². The maximum atomic E-state index is 13.2. The second-order valence-corrected chi connectivity index (χ2v) is 8.41. The Morgan fingerprint density at radius 2 is 1.70 bits per heavy atom. The molecule has 2 heterocycles. The molecule has 156 valence electrons. The van der Waals surface area contributed by atoms with Gasteiger partial charge in [-0.1, -0.05) is 53.6 Å². The van der Waals surface area contributed by atoms with E-state index in [2.05, 4.69) is 36.3 Å². The molecule has 6 heteroatoms. The van der Waals surface area contributed by atoms with E-state index >= 15 is 0 Å². The molecule has 1 amide bonds. The Labute approximate surface area is 181 Å². The Hall–Kier alpha value is -2.79. The fraction of sp³-hybridized carbons (Fsp3) is 0.333. The molecule has 1 saturated heterocycles. The lowest BCUT2D eigenvalue weighted by molar-refractivity contribution is 0.0712. The average Bonchev–Trinajstić information content (AvgIpc) is 3.03. The van der Waals surface area contributed by atoms with Crippen molar-refractivity contribution in [1.29, 1.82) is 0 Å². The normalized spacial score (nSPS) is 14.8. The van der Waals surface area contributed by atoms with Crippen LogP contribution < -0.4 is 0 Å². The van der Waals surface area contributed by atoms with E-state index in [1.54, 1.807) is 16.8 Å². The summed E-state index contributed by atoms with van der Waals surface area (Å²) in [5.41, 5.74) is 4.68. The standard InChI is InChI=1S/C24H26ClN3O2/c1-16-3-5-18(6-4-16)15-28-23(25)22(17(2)26-28)24(30)27-13-11-20(12-14-27)19-7-9-21(29)10-8-19/h3-10,20,29H,11-15H2,1-2H3. The third-order valence-corrected chi connectivity index (χ3v) is 6.26. The maximum Gasteiger partial charge on any atom is 0.258 e. The second-order valence-electron chi connectivity index (χ2n) is 8.05.